The molecule has 1 heterocycles. The van der Waals surface area contributed by atoms with Crippen molar-refractivity contribution >= 4 is 17.8 Å². The van der Waals surface area contributed by atoms with E-state index in [0.717, 1.165) is 0 Å². The summed E-state index contributed by atoms with van der Waals surface area (Å²) in [5.74, 6) is -1.96. The molecule has 3 unspecified atom stereocenters. The minimum atomic E-state index is -1.58. The number of aromatic amines is 1. The number of nitrogens with one attached hydrogen (secondary N) is 3. The third-order valence-electron chi connectivity index (χ3n) is 3.21. The Bertz CT molecular complexity index is 615. The van der Waals surface area contributed by atoms with E-state index in [1.165, 1.54) is 19.3 Å². The number of aliphatic hydroxyl groups is 1. The van der Waals surface area contributed by atoms with Gasteiger partial charge < -0.3 is 25.5 Å². The summed E-state index contributed by atoms with van der Waals surface area (Å²) in [7, 11) is 0. The average Bonchev–Trinajstić information content (AvgIpc) is 3.05. The minimum Gasteiger partial charge on any atom is -0.460 e. The molecular weight excluding hydrogens is 347 g/mol. The fraction of sp³-hybridized carbons (Fsp3) is 0.625. The third kappa shape index (κ3) is 7.18. The number of amides is 2. The van der Waals surface area contributed by atoms with E-state index in [2.05, 4.69) is 20.6 Å². The first-order valence-electron chi connectivity index (χ1n) is 8.10. The highest BCUT2D eigenvalue weighted by molar-refractivity contribution is 5.94. The number of aromatic nitrogens is 2. The summed E-state index contributed by atoms with van der Waals surface area (Å²) < 4.78 is 17.9. The van der Waals surface area contributed by atoms with Crippen molar-refractivity contribution in [2.24, 2.45) is 0 Å². The highest BCUT2D eigenvalue weighted by Crippen LogP contribution is 2.11. The van der Waals surface area contributed by atoms with Crippen LogP contribution in [0.2, 0.25) is 0 Å². The predicted octanol–water partition coefficient (Wildman–Crippen LogP) is 0.0750. The van der Waals surface area contributed by atoms with Gasteiger partial charge in [0.2, 0.25) is 5.91 Å². The molecule has 9 nitrogen and oxygen atoms in total. The zero-order valence-electron chi connectivity index (χ0n) is 15.2. The summed E-state index contributed by atoms with van der Waals surface area (Å²) in [6.07, 6.45) is 0.842. The number of imidazole rings is 1. The number of aliphatic hydroxyl groups excluding tert-OH is 1. The molecule has 1 aromatic rings. The second-order valence-electron chi connectivity index (χ2n) is 6.76. The van der Waals surface area contributed by atoms with Gasteiger partial charge in [0.15, 0.2) is 5.82 Å². The normalized spacial score (nSPS) is 14.8. The number of hydrogen-bond acceptors (Lipinski definition) is 6. The molecule has 1 aromatic heterocycles. The van der Waals surface area contributed by atoms with Crippen LogP contribution >= 0.6 is 0 Å². The maximum Gasteiger partial charge on any atom is 0.308 e. The Morgan fingerprint density at radius 2 is 2.00 bits per heavy atom. The molecule has 0 radical (unpaired) electrons. The molecule has 3 atom stereocenters. The number of rotatable bonds is 8. The van der Waals surface area contributed by atoms with Gasteiger partial charge in [0.05, 0.1) is 12.5 Å². The van der Waals surface area contributed by atoms with Crippen molar-refractivity contribution in [2.45, 2.75) is 57.9 Å². The summed E-state index contributed by atoms with van der Waals surface area (Å²) in [6, 6.07) is -2.19. The molecule has 0 fully saturated rings. The van der Waals surface area contributed by atoms with Crippen LogP contribution < -0.4 is 10.6 Å². The fourth-order valence-corrected chi connectivity index (χ4v) is 1.98. The lowest BCUT2D eigenvalue weighted by Gasteiger charge is -2.26. The monoisotopic (exact) mass is 372 g/mol. The van der Waals surface area contributed by atoms with Gasteiger partial charge in [-0.15, -0.1) is 0 Å². The molecule has 0 saturated heterocycles. The van der Waals surface area contributed by atoms with Gasteiger partial charge in [-0.1, -0.05) is 0 Å². The van der Waals surface area contributed by atoms with E-state index in [1.807, 2.05) is 0 Å². The minimum absolute atomic E-state index is 0.0266. The molecule has 0 spiro atoms. The Morgan fingerprint density at radius 1 is 1.35 bits per heavy atom. The van der Waals surface area contributed by atoms with Crippen molar-refractivity contribution < 1.29 is 28.6 Å². The van der Waals surface area contributed by atoms with E-state index < -0.39 is 54.7 Å². The molecule has 0 aromatic carbocycles. The van der Waals surface area contributed by atoms with Crippen molar-refractivity contribution in [3.05, 3.63) is 18.2 Å². The lowest BCUT2D eigenvalue weighted by atomic mass is 10.1. The van der Waals surface area contributed by atoms with Crippen molar-refractivity contribution in [1.29, 1.82) is 0 Å². The molecule has 0 aliphatic carbocycles. The maximum atomic E-state index is 12.8. The predicted molar refractivity (Wildman–Crippen MR) is 89.9 cm³/mol. The number of carbonyl (C=O) groups is 3. The summed E-state index contributed by atoms with van der Waals surface area (Å²) in [6.45, 7) is 5.24. The van der Waals surface area contributed by atoms with E-state index in [4.69, 9.17) is 4.74 Å². The largest absolute Gasteiger partial charge is 0.460 e. The van der Waals surface area contributed by atoms with E-state index >= 15 is 0 Å². The number of esters is 1. The molecule has 0 aliphatic rings. The Kier molecular flexibility index (Phi) is 7.69. The molecule has 0 aliphatic heterocycles. The molecule has 0 bridgehead atoms. The van der Waals surface area contributed by atoms with Crippen molar-refractivity contribution in [2.75, 3.05) is 6.67 Å². The van der Waals surface area contributed by atoms with Gasteiger partial charge in [-0.25, -0.2) is 9.37 Å². The first-order valence-corrected chi connectivity index (χ1v) is 8.10. The Labute approximate surface area is 150 Å². The first kappa shape index (κ1) is 21.6. The van der Waals surface area contributed by atoms with Gasteiger partial charge >= 0.3 is 5.97 Å². The van der Waals surface area contributed by atoms with Crippen LogP contribution in [-0.4, -0.2) is 63.3 Å². The zero-order chi connectivity index (χ0) is 19.9. The molecule has 146 valence electrons. The lowest BCUT2D eigenvalue weighted by Crippen LogP contribution is -2.52. The number of H-pyrrole nitrogens is 1. The number of nitrogens with zero attached hydrogens (tertiary/aromatic N) is 1. The molecule has 2 amide bonds. The van der Waals surface area contributed by atoms with Gasteiger partial charge in [0, 0.05) is 12.4 Å². The average molecular weight is 372 g/mol. The van der Waals surface area contributed by atoms with Crippen LogP contribution in [0.3, 0.4) is 0 Å². The van der Waals surface area contributed by atoms with Gasteiger partial charge in [-0.3, -0.25) is 14.4 Å². The summed E-state index contributed by atoms with van der Waals surface area (Å²) in [5.41, 5.74) is -0.753. The summed E-state index contributed by atoms with van der Waals surface area (Å²) >= 11 is 0. The molecule has 26 heavy (non-hydrogen) atoms. The van der Waals surface area contributed by atoms with Crippen LogP contribution in [0.1, 0.15) is 44.7 Å². The van der Waals surface area contributed by atoms with E-state index in [0.29, 0.717) is 0 Å². The quantitative estimate of drug-likeness (QED) is 0.478. The standard InChI is InChI=1S/C16H25FN4O5/c1-9(20-15(25)13-18-5-6-19-13)14(24)21-10(11(22)8-17)7-12(23)26-16(2,3)4/h5-6,9-11,22H,7-8H2,1-4H3,(H,18,19)(H,20,25)(H,21,24). The molecule has 1 rings (SSSR count). The number of alkyl halides is 1. The zero-order valence-corrected chi connectivity index (χ0v) is 15.2. The Morgan fingerprint density at radius 3 is 2.50 bits per heavy atom. The number of hydrogen-bond donors (Lipinski definition) is 4. The second kappa shape index (κ2) is 9.27. The Balaban J connectivity index is 2.66. The summed E-state index contributed by atoms with van der Waals surface area (Å²) in [5, 5.41) is 14.5. The van der Waals surface area contributed by atoms with Crippen LogP contribution in [0.15, 0.2) is 12.4 Å². The van der Waals surface area contributed by atoms with Crippen molar-refractivity contribution in [3.63, 3.8) is 0 Å². The van der Waals surface area contributed by atoms with Gasteiger partial charge in [0.25, 0.3) is 5.91 Å². The smallest absolute Gasteiger partial charge is 0.308 e. The van der Waals surface area contributed by atoms with Crippen LogP contribution in [0.25, 0.3) is 0 Å². The van der Waals surface area contributed by atoms with E-state index in [-0.39, 0.29) is 5.82 Å². The molecule has 0 saturated carbocycles. The molecular formula is C16H25FN4O5. The first-order chi connectivity index (χ1) is 12.0. The SMILES string of the molecule is CC(NC(=O)c1ncc[nH]1)C(=O)NC(CC(=O)OC(C)(C)C)C(O)CF. The lowest BCUT2D eigenvalue weighted by molar-refractivity contribution is -0.156. The van der Waals surface area contributed by atoms with Crippen LogP contribution in [0.4, 0.5) is 4.39 Å². The molecule has 4 N–H and O–H groups in total. The number of halogens is 1. The Hall–Kier alpha value is -2.49. The van der Waals surface area contributed by atoms with Crippen molar-refractivity contribution in [1.82, 2.24) is 20.6 Å². The summed E-state index contributed by atoms with van der Waals surface area (Å²) in [4.78, 5) is 42.3. The van der Waals surface area contributed by atoms with Crippen molar-refractivity contribution in [3.8, 4) is 0 Å². The number of carbonyl (C=O) groups excluding carboxylic acids is 3. The van der Waals surface area contributed by atoms with Gasteiger partial charge in [-0.2, -0.15) is 0 Å². The maximum absolute atomic E-state index is 12.8. The highest BCUT2D eigenvalue weighted by atomic mass is 19.1. The van der Waals surface area contributed by atoms with E-state index in [1.54, 1.807) is 20.8 Å². The fourth-order valence-electron chi connectivity index (χ4n) is 1.98. The van der Waals surface area contributed by atoms with Crippen LogP contribution in [-0.2, 0) is 14.3 Å². The van der Waals surface area contributed by atoms with Gasteiger partial charge in [0.1, 0.15) is 24.4 Å². The topological polar surface area (TPSA) is 133 Å². The van der Waals surface area contributed by atoms with Crippen LogP contribution in [0, 0.1) is 0 Å². The third-order valence-corrected chi connectivity index (χ3v) is 3.21. The van der Waals surface area contributed by atoms with Crippen LogP contribution in [0.5, 0.6) is 0 Å². The van der Waals surface area contributed by atoms with E-state index in [9.17, 15) is 23.9 Å². The van der Waals surface area contributed by atoms with Gasteiger partial charge in [-0.05, 0) is 27.7 Å². The molecule has 10 heteroatoms. The highest BCUT2D eigenvalue weighted by Gasteiger charge is 2.29. The number of ether oxygens (including phenoxy) is 1. The second-order valence-corrected chi connectivity index (χ2v) is 6.76.